The van der Waals surface area contributed by atoms with Crippen LogP contribution < -0.4 is 10.6 Å². The molecule has 13 heavy (non-hydrogen) atoms. The van der Waals surface area contributed by atoms with Crippen molar-refractivity contribution in [2.24, 2.45) is 0 Å². The number of aliphatic hydroxyl groups excluding tert-OH is 1. The first-order chi connectivity index (χ1) is 6.15. The Balaban J connectivity index is 2.51. The van der Waals surface area contributed by atoms with Crippen molar-refractivity contribution in [3.8, 4) is 0 Å². The largest absolute Gasteiger partial charge is 0.356 e. The number of carbonyl (C=O) groups excluding carboxylic acids is 2. The molecule has 1 fully saturated rings. The maximum absolute atomic E-state index is 11.1. The van der Waals surface area contributed by atoms with Crippen molar-refractivity contribution in [1.29, 1.82) is 0 Å². The minimum atomic E-state index is -1.20. The summed E-state index contributed by atoms with van der Waals surface area (Å²) in [6.45, 7) is 2.41. The number of urea groups is 2. The first-order valence-corrected chi connectivity index (χ1v) is 4.21. The van der Waals surface area contributed by atoms with Gasteiger partial charge in [0.05, 0.1) is 0 Å². The van der Waals surface area contributed by atoms with Gasteiger partial charge in [0.15, 0.2) is 0 Å². The van der Waals surface area contributed by atoms with Gasteiger partial charge >= 0.3 is 12.1 Å². The third-order valence-corrected chi connectivity index (χ3v) is 1.79. The van der Waals surface area contributed by atoms with Crippen LogP contribution in [-0.4, -0.2) is 35.0 Å². The highest BCUT2D eigenvalue weighted by Crippen LogP contribution is 2.02. The molecule has 1 atom stereocenters. The maximum Gasteiger partial charge on any atom is 0.328 e. The Hall–Kier alpha value is -1.30. The van der Waals surface area contributed by atoms with Crippen molar-refractivity contribution in [2.45, 2.75) is 26.1 Å². The van der Waals surface area contributed by atoms with Gasteiger partial charge < -0.3 is 5.11 Å². The number of rotatable bonds is 3. The average molecular weight is 187 g/mol. The molecule has 0 aromatic heterocycles. The quantitative estimate of drug-likeness (QED) is 0.572. The minimum absolute atomic E-state index is 0.434. The second kappa shape index (κ2) is 4.08. The summed E-state index contributed by atoms with van der Waals surface area (Å²) in [5.41, 5.74) is 0. The molecular weight excluding hydrogens is 174 g/mol. The number of hydrogen-bond donors (Lipinski definition) is 3. The standard InChI is InChI=1S/C7H13N3O3/c1-2-3-4-10-6(12)8-5(11)9-7(10)13/h6,12H,2-4H2,1H3,(H2,8,9,11,13). The van der Waals surface area contributed by atoms with Crippen LogP contribution in [0.3, 0.4) is 0 Å². The van der Waals surface area contributed by atoms with Crippen molar-refractivity contribution in [2.75, 3.05) is 6.54 Å². The molecule has 0 radical (unpaired) electrons. The molecular formula is C7H13N3O3. The number of carbonyl (C=O) groups is 2. The Morgan fingerprint density at radius 2 is 2.23 bits per heavy atom. The van der Waals surface area contributed by atoms with Crippen molar-refractivity contribution < 1.29 is 14.7 Å². The molecule has 0 aliphatic carbocycles. The van der Waals surface area contributed by atoms with Crippen molar-refractivity contribution in [1.82, 2.24) is 15.5 Å². The average Bonchev–Trinajstić information content (AvgIpc) is 2.02. The molecule has 4 amide bonds. The van der Waals surface area contributed by atoms with Crippen LogP contribution in [0.1, 0.15) is 19.8 Å². The van der Waals surface area contributed by atoms with E-state index in [9.17, 15) is 14.7 Å². The zero-order valence-corrected chi connectivity index (χ0v) is 7.41. The summed E-state index contributed by atoms with van der Waals surface area (Å²) in [4.78, 5) is 23.0. The molecule has 1 aliphatic heterocycles. The molecule has 74 valence electrons. The van der Waals surface area contributed by atoms with Crippen LogP contribution in [-0.2, 0) is 0 Å². The van der Waals surface area contributed by atoms with Crippen molar-refractivity contribution in [3.05, 3.63) is 0 Å². The lowest BCUT2D eigenvalue weighted by molar-refractivity contribution is 0.00422. The van der Waals surface area contributed by atoms with E-state index < -0.39 is 18.4 Å². The van der Waals surface area contributed by atoms with Gasteiger partial charge in [0.25, 0.3) is 0 Å². The minimum Gasteiger partial charge on any atom is -0.356 e. The number of nitrogens with zero attached hydrogens (tertiary/aromatic N) is 1. The number of aliphatic hydroxyl groups is 1. The zero-order valence-electron chi connectivity index (χ0n) is 7.41. The van der Waals surface area contributed by atoms with Gasteiger partial charge in [-0.15, -0.1) is 0 Å². The fourth-order valence-corrected chi connectivity index (χ4v) is 1.06. The van der Waals surface area contributed by atoms with E-state index >= 15 is 0 Å². The lowest BCUT2D eigenvalue weighted by atomic mass is 10.3. The van der Waals surface area contributed by atoms with Crippen LogP contribution in [0.25, 0.3) is 0 Å². The van der Waals surface area contributed by atoms with Crippen LogP contribution >= 0.6 is 0 Å². The lowest BCUT2D eigenvalue weighted by Crippen LogP contribution is -2.63. The Kier molecular flexibility index (Phi) is 3.07. The second-order valence-corrected chi connectivity index (χ2v) is 2.82. The van der Waals surface area contributed by atoms with E-state index in [2.05, 4.69) is 5.32 Å². The van der Waals surface area contributed by atoms with E-state index in [0.29, 0.717) is 6.54 Å². The Morgan fingerprint density at radius 1 is 1.54 bits per heavy atom. The Bertz CT molecular complexity index is 219. The number of imide groups is 1. The summed E-state index contributed by atoms with van der Waals surface area (Å²) in [5.74, 6) is 0. The molecule has 0 aromatic carbocycles. The molecule has 3 N–H and O–H groups in total. The maximum atomic E-state index is 11.1. The molecule has 6 heteroatoms. The second-order valence-electron chi connectivity index (χ2n) is 2.82. The number of amides is 4. The molecule has 1 rings (SSSR count). The molecule has 1 unspecified atom stereocenters. The summed E-state index contributed by atoms with van der Waals surface area (Å²) in [6.07, 6.45) is 0.512. The van der Waals surface area contributed by atoms with E-state index in [-0.39, 0.29) is 0 Å². The predicted molar refractivity (Wildman–Crippen MR) is 44.7 cm³/mol. The van der Waals surface area contributed by atoms with Gasteiger partial charge in [-0.3, -0.25) is 15.5 Å². The number of hydrogen-bond acceptors (Lipinski definition) is 3. The zero-order chi connectivity index (χ0) is 9.84. The third-order valence-electron chi connectivity index (χ3n) is 1.79. The van der Waals surface area contributed by atoms with Gasteiger partial charge in [0.1, 0.15) is 0 Å². The fourth-order valence-electron chi connectivity index (χ4n) is 1.06. The fraction of sp³-hybridized carbons (Fsp3) is 0.714. The van der Waals surface area contributed by atoms with Gasteiger partial charge in [-0.1, -0.05) is 13.3 Å². The van der Waals surface area contributed by atoms with Gasteiger partial charge in [0.2, 0.25) is 6.35 Å². The third kappa shape index (κ3) is 2.32. The van der Waals surface area contributed by atoms with E-state index in [0.717, 1.165) is 12.8 Å². The van der Waals surface area contributed by atoms with Crippen LogP contribution in [0.5, 0.6) is 0 Å². The molecule has 0 saturated carbocycles. The van der Waals surface area contributed by atoms with Crippen molar-refractivity contribution in [3.63, 3.8) is 0 Å². The van der Waals surface area contributed by atoms with Gasteiger partial charge in [-0.05, 0) is 6.42 Å². The Labute approximate surface area is 75.9 Å². The predicted octanol–water partition coefficient (Wildman–Crippen LogP) is -0.203. The molecule has 0 spiro atoms. The number of nitrogens with one attached hydrogen (secondary N) is 2. The normalized spacial score (nSPS) is 22.6. The summed E-state index contributed by atoms with van der Waals surface area (Å²) in [6, 6.07) is -1.21. The molecule has 1 heterocycles. The highest BCUT2D eigenvalue weighted by atomic mass is 16.3. The van der Waals surface area contributed by atoms with Crippen LogP contribution in [0.4, 0.5) is 9.59 Å². The molecule has 6 nitrogen and oxygen atoms in total. The smallest absolute Gasteiger partial charge is 0.328 e. The Morgan fingerprint density at radius 3 is 2.77 bits per heavy atom. The molecule has 0 aromatic rings. The molecule has 1 aliphatic rings. The van der Waals surface area contributed by atoms with Gasteiger partial charge in [-0.2, -0.15) is 0 Å². The lowest BCUT2D eigenvalue weighted by Gasteiger charge is -2.32. The number of unbranched alkanes of at least 4 members (excludes halogenated alkanes) is 1. The highest BCUT2D eigenvalue weighted by molar-refractivity contribution is 5.95. The van der Waals surface area contributed by atoms with Crippen molar-refractivity contribution >= 4 is 12.1 Å². The van der Waals surface area contributed by atoms with E-state index in [4.69, 9.17) is 0 Å². The summed E-state index contributed by atoms with van der Waals surface area (Å²) in [7, 11) is 0. The van der Waals surface area contributed by atoms with E-state index in [1.807, 2.05) is 12.2 Å². The topological polar surface area (TPSA) is 81.7 Å². The monoisotopic (exact) mass is 187 g/mol. The van der Waals surface area contributed by atoms with E-state index in [1.54, 1.807) is 0 Å². The van der Waals surface area contributed by atoms with Gasteiger partial charge in [-0.25, -0.2) is 9.59 Å². The summed E-state index contributed by atoms with van der Waals surface area (Å²) < 4.78 is 0. The summed E-state index contributed by atoms with van der Waals surface area (Å²) >= 11 is 0. The van der Waals surface area contributed by atoms with Crippen LogP contribution in [0.2, 0.25) is 0 Å². The summed E-state index contributed by atoms with van der Waals surface area (Å²) in [5, 5.41) is 13.5. The highest BCUT2D eigenvalue weighted by Gasteiger charge is 2.29. The van der Waals surface area contributed by atoms with Gasteiger partial charge in [0, 0.05) is 6.54 Å². The molecule has 1 saturated heterocycles. The first kappa shape index (κ1) is 9.79. The van der Waals surface area contributed by atoms with Crippen LogP contribution in [0.15, 0.2) is 0 Å². The molecule has 0 bridgehead atoms. The SMILES string of the molecule is CCCCN1C(=O)NC(=O)NC1O. The van der Waals surface area contributed by atoms with E-state index in [1.165, 1.54) is 4.90 Å². The van der Waals surface area contributed by atoms with Crippen LogP contribution in [0, 0.1) is 0 Å². The first-order valence-electron chi connectivity index (χ1n) is 4.21.